The van der Waals surface area contributed by atoms with Crippen molar-refractivity contribution in [2.75, 3.05) is 0 Å². The molecule has 0 saturated carbocycles. The lowest BCUT2D eigenvalue weighted by Crippen LogP contribution is -2.09. The van der Waals surface area contributed by atoms with Crippen molar-refractivity contribution in [2.45, 2.75) is 65.3 Å². The minimum absolute atomic E-state index is 0. The van der Waals surface area contributed by atoms with Gasteiger partial charge in [-0.05, 0) is 23.2 Å². The summed E-state index contributed by atoms with van der Waals surface area (Å²) in [4.78, 5) is 53.0. The Labute approximate surface area is 194 Å². The van der Waals surface area contributed by atoms with Gasteiger partial charge in [-0.3, -0.25) is 24.2 Å². The lowest BCUT2D eigenvalue weighted by Gasteiger charge is -1.92. The van der Waals surface area contributed by atoms with Crippen molar-refractivity contribution < 1.29 is 44.4 Å². The fourth-order valence-corrected chi connectivity index (χ4v) is 0.105. The number of hydrogen-bond donors (Lipinski definition) is 1. The minimum Gasteiger partial charge on any atom is -0.690 e. The molecule has 0 aliphatic rings. The molecule has 0 amide bonds. The van der Waals surface area contributed by atoms with Crippen molar-refractivity contribution in [3.8, 4) is 12.1 Å². The molecule has 0 bridgehead atoms. The molecular formula is C15H35Cl2N4O10-. The van der Waals surface area contributed by atoms with E-state index >= 15 is 0 Å². The first-order chi connectivity index (χ1) is 11.3. The molecule has 0 saturated heterocycles. The van der Waals surface area contributed by atoms with Crippen LogP contribution in [0.15, 0.2) is 0 Å². The summed E-state index contributed by atoms with van der Waals surface area (Å²) in [6, 6.07) is 2.78. The Morgan fingerprint density at radius 1 is 0.871 bits per heavy atom. The topological polar surface area (TPSA) is 236 Å². The van der Waals surface area contributed by atoms with Crippen LogP contribution in [0.1, 0.15) is 65.3 Å². The standard InChI is InChI=1S/2C3H3NO.C2H3NO4.CCl2O.6CH4.H3NO3/c2*1-3(5)2-4;1-2(4)7-3(5)6;2-1(3)4;;;;;;;1-3-4-2/h2*1H3;1H3;;6*1H4;2H,1H2/p-1. The fourth-order valence-electron chi connectivity index (χ4n) is 0.105. The van der Waals surface area contributed by atoms with Crippen molar-refractivity contribution in [3.05, 3.63) is 10.1 Å². The van der Waals surface area contributed by atoms with Crippen molar-refractivity contribution in [2.24, 2.45) is 5.90 Å². The monoisotopic (exact) mass is 501 g/mol. The first kappa shape index (κ1) is 70.5. The second-order valence-corrected chi connectivity index (χ2v) is 3.41. The molecule has 0 aliphatic carbocycles. The Morgan fingerprint density at radius 2 is 1.03 bits per heavy atom. The third kappa shape index (κ3) is 442. The van der Waals surface area contributed by atoms with Gasteiger partial charge in [0.25, 0.3) is 0 Å². The molecule has 31 heavy (non-hydrogen) atoms. The zero-order valence-corrected chi connectivity index (χ0v) is 14.3. The van der Waals surface area contributed by atoms with Gasteiger partial charge in [-0.15, -0.1) is 10.1 Å². The van der Waals surface area contributed by atoms with E-state index in [9.17, 15) is 24.5 Å². The van der Waals surface area contributed by atoms with Crippen LogP contribution in [0.4, 0.5) is 4.79 Å². The second-order valence-electron chi connectivity index (χ2n) is 2.53. The van der Waals surface area contributed by atoms with Crippen LogP contribution in [0.2, 0.25) is 0 Å². The summed E-state index contributed by atoms with van der Waals surface area (Å²) in [6.07, 6.45) is 0. The average molecular weight is 502 g/mol. The molecule has 0 unspecified atom stereocenters. The molecule has 0 aromatic rings. The van der Waals surface area contributed by atoms with Crippen LogP contribution < -0.4 is 11.2 Å². The van der Waals surface area contributed by atoms with Gasteiger partial charge in [0.2, 0.25) is 11.6 Å². The number of halogens is 2. The lowest BCUT2D eigenvalue weighted by atomic mass is 10.5. The number of nitrogens with zero attached hydrogens (tertiary/aromatic N) is 3. The predicted octanol–water partition coefficient (Wildman–Crippen LogP) is 3.42. The molecule has 2 N–H and O–H groups in total. The molecular weight excluding hydrogens is 467 g/mol. The van der Waals surface area contributed by atoms with E-state index < -0.39 is 27.3 Å². The van der Waals surface area contributed by atoms with Gasteiger partial charge in [0.15, 0.2) is 0 Å². The van der Waals surface area contributed by atoms with Crippen LogP contribution in [0.3, 0.4) is 0 Å². The Balaban J connectivity index is -0.0000000173. The SMILES string of the molecule is C.C.C.C.C.C.CC(=O)C#N.CC(=O)C#N.CC(=O)O[N+](=O)[O-].NOO[O-].O=C(Cl)Cl. The molecule has 0 heterocycles. The number of Topliss-reactive ketones (excluding diaryl/α,β-unsaturated/α-hetero) is 2. The molecule has 0 fully saturated rings. The second kappa shape index (κ2) is 63.1. The van der Waals surface area contributed by atoms with Crippen LogP contribution in [0, 0.1) is 32.8 Å². The highest BCUT2D eigenvalue weighted by Gasteiger charge is 1.95. The van der Waals surface area contributed by atoms with Crippen molar-refractivity contribution >= 4 is 45.4 Å². The molecule has 0 spiro atoms. The Kier molecular flexibility index (Phi) is 143. The van der Waals surface area contributed by atoms with Crippen LogP contribution >= 0.6 is 23.2 Å². The third-order valence-corrected chi connectivity index (χ3v) is 0.557. The van der Waals surface area contributed by atoms with E-state index in [0.29, 0.717) is 0 Å². The molecule has 0 rings (SSSR count). The zero-order valence-electron chi connectivity index (χ0n) is 12.8. The molecule has 0 aromatic heterocycles. The maximum atomic E-state index is 9.59. The van der Waals surface area contributed by atoms with E-state index in [1.807, 2.05) is 0 Å². The first-order valence-electron chi connectivity index (χ1n) is 4.96. The largest absolute Gasteiger partial charge is 0.690 e. The van der Waals surface area contributed by atoms with E-state index in [0.717, 1.165) is 6.92 Å². The van der Waals surface area contributed by atoms with Gasteiger partial charge in [0.1, 0.15) is 12.1 Å². The Bertz CT molecular complexity index is 465. The lowest BCUT2D eigenvalue weighted by molar-refractivity contribution is -0.802. The average Bonchev–Trinajstić information content (AvgIpc) is 2.46. The number of carbonyl (C=O) groups is 4. The van der Waals surface area contributed by atoms with Crippen LogP contribution in [0.5, 0.6) is 0 Å². The summed E-state index contributed by atoms with van der Waals surface area (Å²) in [6.45, 7) is 3.41. The molecule has 0 radical (unpaired) electrons. The predicted molar refractivity (Wildman–Crippen MR) is 115 cm³/mol. The molecule has 190 valence electrons. The summed E-state index contributed by atoms with van der Waals surface area (Å²) in [5.74, 6) is 2.20. The summed E-state index contributed by atoms with van der Waals surface area (Å²) < 4.78 is -0.889. The van der Waals surface area contributed by atoms with Crippen molar-refractivity contribution in [3.63, 3.8) is 0 Å². The number of nitrogens with two attached hydrogens (primary N) is 1. The molecule has 0 aromatic carbocycles. The first-order valence-corrected chi connectivity index (χ1v) is 5.72. The number of nitriles is 2. The highest BCUT2D eigenvalue weighted by Crippen LogP contribution is 1.84. The summed E-state index contributed by atoms with van der Waals surface area (Å²) in [5, 5.41) is 34.1. The Hall–Kier alpha value is -2.72. The maximum absolute atomic E-state index is 9.59. The molecule has 0 atom stereocenters. The number of ketones is 2. The molecule has 0 aliphatic heterocycles. The van der Waals surface area contributed by atoms with Crippen LogP contribution in [0.25, 0.3) is 0 Å². The number of hydrogen-bond acceptors (Lipinski definition) is 13. The van der Waals surface area contributed by atoms with Gasteiger partial charge < -0.3 is 5.26 Å². The fraction of sp³-hybridized carbons (Fsp3) is 0.600. The summed E-state index contributed by atoms with van der Waals surface area (Å²) in [7, 11) is 0. The third-order valence-electron chi connectivity index (χ3n) is 0.557. The number of rotatable bonds is 2. The van der Waals surface area contributed by atoms with Gasteiger partial charge >= 0.3 is 15.8 Å². The Morgan fingerprint density at radius 3 is 1.03 bits per heavy atom. The van der Waals surface area contributed by atoms with Gasteiger partial charge in [0, 0.05) is 20.8 Å². The highest BCUT2D eigenvalue weighted by atomic mass is 35.5. The van der Waals surface area contributed by atoms with E-state index in [-0.39, 0.29) is 44.6 Å². The smallest absolute Gasteiger partial charge is 0.313 e. The van der Waals surface area contributed by atoms with Crippen molar-refractivity contribution in [1.82, 2.24) is 0 Å². The van der Waals surface area contributed by atoms with Crippen molar-refractivity contribution in [1.29, 1.82) is 10.5 Å². The highest BCUT2D eigenvalue weighted by molar-refractivity contribution is 6.93. The van der Waals surface area contributed by atoms with Gasteiger partial charge in [-0.1, -0.05) is 44.6 Å². The molecule has 14 nitrogen and oxygen atoms in total. The maximum Gasteiger partial charge on any atom is 0.313 e. The van der Waals surface area contributed by atoms with E-state index in [4.69, 9.17) is 20.6 Å². The minimum atomic E-state index is -1.15. The van der Waals surface area contributed by atoms with Crippen LogP contribution in [-0.4, -0.2) is 27.3 Å². The number of carbonyl (C=O) groups excluding carboxylic acids is 4. The van der Waals surface area contributed by atoms with E-state index in [1.165, 1.54) is 26.0 Å². The summed E-state index contributed by atoms with van der Waals surface area (Å²) in [5.41, 5.74) is 0. The van der Waals surface area contributed by atoms with E-state index in [1.54, 1.807) is 0 Å². The summed E-state index contributed by atoms with van der Waals surface area (Å²) >= 11 is 8.80. The normalized spacial score (nSPS) is 5.32. The molecule has 16 heteroatoms. The van der Waals surface area contributed by atoms with Gasteiger partial charge in [-0.2, -0.15) is 21.4 Å². The van der Waals surface area contributed by atoms with Crippen LogP contribution in [-0.2, 0) is 29.2 Å². The zero-order chi connectivity index (χ0) is 21.4. The van der Waals surface area contributed by atoms with Gasteiger partial charge in [0.05, 0.1) is 0 Å². The quantitative estimate of drug-likeness (QED) is 0.187. The van der Waals surface area contributed by atoms with E-state index in [2.05, 4.69) is 44.0 Å². The van der Waals surface area contributed by atoms with Gasteiger partial charge in [-0.25, -0.2) is 4.84 Å².